The molecule has 17 heavy (non-hydrogen) atoms. The molecule has 0 unspecified atom stereocenters. The Kier molecular flexibility index (Phi) is 3.28. The van der Waals surface area contributed by atoms with Crippen molar-refractivity contribution in [2.75, 3.05) is 7.05 Å². The summed E-state index contributed by atoms with van der Waals surface area (Å²) in [4.78, 5) is 0. The number of halogens is 1. The number of rotatable bonds is 2. The van der Waals surface area contributed by atoms with Gasteiger partial charge in [-0.1, -0.05) is 12.1 Å². The topological polar surface area (TPSA) is 6.89 Å². The quantitative estimate of drug-likeness (QED) is 0.550. The van der Waals surface area contributed by atoms with Crippen molar-refractivity contribution < 1.29 is 13.5 Å². The summed E-state index contributed by atoms with van der Waals surface area (Å²) in [5.41, 5.74) is 1.61. The Balaban J connectivity index is 2.34. The molecule has 2 aromatic rings. The molecule has 0 aliphatic carbocycles. The molecule has 1 aromatic heterocycles. The normalized spacial score (nSPS) is 11.6. The fourth-order valence-electron chi connectivity index (χ4n) is 1.63. The molecule has 0 bridgehead atoms. The first-order valence-corrected chi connectivity index (χ1v) is 5.44. The van der Waals surface area contributed by atoms with E-state index in [4.69, 9.17) is 0 Å². The second-order valence-electron chi connectivity index (χ2n) is 3.99. The van der Waals surface area contributed by atoms with Gasteiger partial charge in [0.2, 0.25) is 5.69 Å². The smallest absolute Gasteiger partial charge is 0.208 e. The van der Waals surface area contributed by atoms with E-state index in [1.807, 2.05) is 55.5 Å². The largest absolute Gasteiger partial charge is 0.241 e. The second kappa shape index (κ2) is 4.87. The molecule has 0 N–H and O–H groups in total. The number of hydrogen-bond donors (Lipinski definition) is 0. The van der Waals surface area contributed by atoms with Crippen molar-refractivity contribution in [2.45, 2.75) is 0 Å². The summed E-state index contributed by atoms with van der Waals surface area (Å²) in [6.07, 6.45) is 5.82. The predicted octanol–water partition coefficient (Wildman–Crippen LogP) is 2.04. The highest BCUT2D eigenvalue weighted by atomic mass is 19.1. The van der Waals surface area contributed by atoms with E-state index in [0.29, 0.717) is 5.69 Å². The third kappa shape index (κ3) is 2.75. The number of aryl methyl sites for hydroxylation is 1. The van der Waals surface area contributed by atoms with Crippen molar-refractivity contribution in [3.05, 3.63) is 60.2 Å². The number of benzene rings is 1. The highest BCUT2D eigenvalue weighted by Crippen LogP contribution is 2.14. The van der Waals surface area contributed by atoms with Gasteiger partial charge in [0, 0.05) is 18.2 Å². The van der Waals surface area contributed by atoms with E-state index in [1.54, 1.807) is 16.7 Å². The molecule has 0 amide bonds. The summed E-state index contributed by atoms with van der Waals surface area (Å²) < 4.78 is 17.3. The monoisotopic (exact) mass is 230 g/mol. The predicted molar refractivity (Wildman–Crippen MR) is 65.0 cm³/mol. The van der Waals surface area contributed by atoms with Gasteiger partial charge in [-0.3, -0.25) is 0 Å². The van der Waals surface area contributed by atoms with E-state index in [0.717, 1.165) is 5.56 Å². The molecule has 0 fully saturated rings. The molecule has 1 aromatic carbocycles. The van der Waals surface area contributed by atoms with Gasteiger partial charge in [0.05, 0.1) is 5.56 Å². The third-order valence-corrected chi connectivity index (χ3v) is 2.58. The van der Waals surface area contributed by atoms with Crippen LogP contribution >= 0.6 is 0 Å². The summed E-state index contributed by atoms with van der Waals surface area (Å²) in [6.45, 7) is 0. The van der Waals surface area contributed by atoms with Crippen molar-refractivity contribution in [3.8, 4) is 0 Å². The Morgan fingerprint density at radius 1 is 1.12 bits per heavy atom. The third-order valence-electron chi connectivity index (χ3n) is 2.58. The van der Waals surface area contributed by atoms with Crippen LogP contribution in [0.2, 0.25) is 0 Å². The summed E-state index contributed by atoms with van der Waals surface area (Å²) >= 11 is 0. The van der Waals surface area contributed by atoms with Crippen molar-refractivity contribution in [1.29, 1.82) is 0 Å². The van der Waals surface area contributed by atoms with Crippen LogP contribution in [0.3, 0.4) is 0 Å². The summed E-state index contributed by atoms with van der Waals surface area (Å²) in [7, 11) is 3.80. The maximum absolute atomic E-state index is 13.5. The van der Waals surface area contributed by atoms with Gasteiger partial charge in [-0.2, -0.15) is 8.97 Å². The fourth-order valence-corrected chi connectivity index (χ4v) is 1.63. The van der Waals surface area contributed by atoms with Crippen LogP contribution in [0.15, 0.2) is 48.8 Å². The van der Waals surface area contributed by atoms with Gasteiger partial charge in [0.15, 0.2) is 24.4 Å². The van der Waals surface area contributed by atoms with Crippen molar-refractivity contribution in [2.24, 2.45) is 7.05 Å². The molecule has 0 radical (unpaired) electrons. The van der Waals surface area contributed by atoms with Gasteiger partial charge < -0.3 is 0 Å². The van der Waals surface area contributed by atoms with Crippen LogP contribution in [0.1, 0.15) is 5.56 Å². The van der Waals surface area contributed by atoms with E-state index in [1.165, 1.54) is 6.07 Å². The molecule has 0 atom stereocenters. The van der Waals surface area contributed by atoms with Gasteiger partial charge in [0.1, 0.15) is 14.1 Å². The van der Waals surface area contributed by atoms with Crippen LogP contribution in [0.5, 0.6) is 0 Å². The van der Waals surface area contributed by atoms with E-state index in [-0.39, 0.29) is 5.82 Å². The first kappa shape index (κ1) is 11.5. The van der Waals surface area contributed by atoms with E-state index in [2.05, 4.69) is 0 Å². The van der Waals surface area contributed by atoms with Gasteiger partial charge in [-0.05, 0) is 6.07 Å². The van der Waals surface area contributed by atoms with Crippen LogP contribution in [-0.2, 0) is 7.05 Å². The Hall–Kier alpha value is -2.03. The maximum atomic E-state index is 13.5. The molecule has 0 saturated carbocycles. The molecule has 86 valence electrons. The molecular formula is C14H15FN2+2. The minimum atomic E-state index is -0.215. The molecular weight excluding hydrogens is 215 g/mol. The molecule has 2 nitrogen and oxygen atoms in total. The standard InChI is InChI=1S/C14H15FN2/c1-16-9-7-12(8-10-16)11-17(2)14-6-4-3-5-13(14)15/h3-11H,1-2H3/q+2. The Morgan fingerprint density at radius 2 is 1.76 bits per heavy atom. The zero-order valence-corrected chi connectivity index (χ0v) is 9.97. The van der Waals surface area contributed by atoms with Gasteiger partial charge >= 0.3 is 0 Å². The van der Waals surface area contributed by atoms with Crippen LogP contribution in [0.25, 0.3) is 0 Å². The molecule has 0 aliphatic rings. The summed E-state index contributed by atoms with van der Waals surface area (Å²) in [6, 6.07) is 10.7. The number of para-hydroxylation sites is 1. The number of aromatic nitrogens is 1. The zero-order chi connectivity index (χ0) is 12.3. The summed E-state index contributed by atoms with van der Waals surface area (Å²) in [5.74, 6) is -0.215. The van der Waals surface area contributed by atoms with E-state index >= 15 is 0 Å². The Bertz CT molecular complexity index is 544. The fraction of sp³-hybridized carbons (Fsp3) is 0.143. The minimum Gasteiger partial charge on any atom is -0.208 e. The first-order valence-electron chi connectivity index (χ1n) is 5.44. The highest BCUT2D eigenvalue weighted by molar-refractivity contribution is 5.75. The molecule has 2 rings (SSSR count). The molecule has 0 saturated heterocycles. The van der Waals surface area contributed by atoms with Gasteiger partial charge in [0.25, 0.3) is 0 Å². The van der Waals surface area contributed by atoms with Crippen molar-refractivity contribution in [3.63, 3.8) is 0 Å². The average molecular weight is 230 g/mol. The lowest BCUT2D eigenvalue weighted by Gasteiger charge is -1.97. The average Bonchev–Trinajstić information content (AvgIpc) is 2.32. The molecule has 3 heteroatoms. The number of hydrogen-bond acceptors (Lipinski definition) is 0. The SMILES string of the molecule is C[N+](=Cc1cc[n+](C)cc1)c1ccccc1F. The number of nitrogens with zero attached hydrogens (tertiary/aromatic N) is 2. The van der Waals surface area contributed by atoms with Crippen LogP contribution in [-0.4, -0.2) is 17.8 Å². The van der Waals surface area contributed by atoms with E-state index in [9.17, 15) is 4.39 Å². The Morgan fingerprint density at radius 3 is 2.41 bits per heavy atom. The van der Waals surface area contributed by atoms with Crippen molar-refractivity contribution in [1.82, 2.24) is 0 Å². The highest BCUT2D eigenvalue weighted by Gasteiger charge is 2.09. The van der Waals surface area contributed by atoms with Gasteiger partial charge in [-0.15, -0.1) is 0 Å². The first-order chi connectivity index (χ1) is 8.16. The lowest BCUT2D eigenvalue weighted by Crippen LogP contribution is -2.26. The van der Waals surface area contributed by atoms with E-state index < -0.39 is 0 Å². The molecule has 1 heterocycles. The minimum absolute atomic E-state index is 0.215. The van der Waals surface area contributed by atoms with Crippen LogP contribution in [0, 0.1) is 5.82 Å². The summed E-state index contributed by atoms with van der Waals surface area (Å²) in [5, 5.41) is 0. The second-order valence-corrected chi connectivity index (χ2v) is 3.99. The van der Waals surface area contributed by atoms with Crippen LogP contribution < -0.4 is 4.57 Å². The molecule has 0 aliphatic heterocycles. The lowest BCUT2D eigenvalue weighted by atomic mass is 10.2. The number of pyridine rings is 1. The van der Waals surface area contributed by atoms with Crippen LogP contribution in [0.4, 0.5) is 10.1 Å². The molecule has 0 spiro atoms. The Labute approximate surface area is 100 Å². The lowest BCUT2D eigenvalue weighted by molar-refractivity contribution is -0.671. The maximum Gasteiger partial charge on any atom is 0.241 e. The zero-order valence-electron chi connectivity index (χ0n) is 9.97. The van der Waals surface area contributed by atoms with Gasteiger partial charge in [-0.25, -0.2) is 4.57 Å². The van der Waals surface area contributed by atoms with Crippen molar-refractivity contribution >= 4 is 11.9 Å².